The Morgan fingerprint density at radius 2 is 2.11 bits per heavy atom. The number of methoxy groups -OCH3 is 1. The quantitative estimate of drug-likeness (QED) is 0.874. The molecule has 0 amide bonds. The van der Waals surface area contributed by atoms with E-state index >= 15 is 0 Å². The predicted molar refractivity (Wildman–Crippen MR) is 70.5 cm³/mol. The van der Waals surface area contributed by atoms with Crippen molar-refractivity contribution in [1.29, 1.82) is 0 Å². The van der Waals surface area contributed by atoms with Crippen molar-refractivity contribution in [2.24, 2.45) is 0 Å². The van der Waals surface area contributed by atoms with Gasteiger partial charge >= 0.3 is 0 Å². The first-order valence-electron chi connectivity index (χ1n) is 5.99. The fourth-order valence-corrected chi connectivity index (χ4v) is 1.95. The minimum absolute atomic E-state index is 0.0485. The largest absolute Gasteiger partial charge is 0.481 e. The molecule has 0 aliphatic carbocycles. The second-order valence-electron chi connectivity index (χ2n) is 3.88. The van der Waals surface area contributed by atoms with Crippen molar-refractivity contribution < 1.29 is 4.74 Å². The Labute approximate surface area is 107 Å². The van der Waals surface area contributed by atoms with E-state index in [0.717, 1.165) is 17.7 Å². The molecule has 0 aliphatic heterocycles. The Bertz CT molecular complexity index is 487. The summed E-state index contributed by atoms with van der Waals surface area (Å²) >= 11 is 0. The third-order valence-electron chi connectivity index (χ3n) is 2.73. The molecule has 4 nitrogen and oxygen atoms in total. The van der Waals surface area contributed by atoms with Crippen LogP contribution in [0.4, 0.5) is 0 Å². The van der Waals surface area contributed by atoms with Gasteiger partial charge in [-0.05, 0) is 24.2 Å². The normalized spacial score (nSPS) is 12.1. The first kappa shape index (κ1) is 12.5. The van der Waals surface area contributed by atoms with E-state index in [-0.39, 0.29) is 6.04 Å². The fraction of sp³-hybridized carbons (Fsp3) is 0.286. The van der Waals surface area contributed by atoms with Gasteiger partial charge in [0.05, 0.1) is 13.2 Å². The zero-order valence-electron chi connectivity index (χ0n) is 10.6. The molecule has 2 aromatic heterocycles. The van der Waals surface area contributed by atoms with Gasteiger partial charge in [0.2, 0.25) is 5.88 Å². The molecule has 0 saturated heterocycles. The van der Waals surface area contributed by atoms with Crippen LogP contribution in [-0.2, 0) is 0 Å². The first-order valence-corrected chi connectivity index (χ1v) is 5.99. The fourth-order valence-electron chi connectivity index (χ4n) is 1.95. The van der Waals surface area contributed by atoms with Crippen LogP contribution in [0.25, 0.3) is 0 Å². The van der Waals surface area contributed by atoms with Crippen molar-refractivity contribution in [3.05, 3.63) is 54.0 Å². The first-order chi connectivity index (χ1) is 8.86. The summed E-state index contributed by atoms with van der Waals surface area (Å²) in [7, 11) is 1.64. The van der Waals surface area contributed by atoms with E-state index in [1.54, 1.807) is 19.5 Å². The Hall–Kier alpha value is -1.94. The zero-order valence-corrected chi connectivity index (χ0v) is 10.6. The highest BCUT2D eigenvalue weighted by Crippen LogP contribution is 2.27. The highest BCUT2D eigenvalue weighted by Gasteiger charge is 2.17. The lowest BCUT2D eigenvalue weighted by atomic mass is 10.0. The number of ether oxygens (including phenoxy) is 1. The summed E-state index contributed by atoms with van der Waals surface area (Å²) < 4.78 is 5.32. The number of nitrogens with zero attached hydrogens (tertiary/aromatic N) is 2. The topological polar surface area (TPSA) is 47.0 Å². The Morgan fingerprint density at radius 1 is 1.28 bits per heavy atom. The molecule has 2 aromatic rings. The van der Waals surface area contributed by atoms with Crippen molar-refractivity contribution in [3.8, 4) is 5.88 Å². The molecule has 2 rings (SSSR count). The molecule has 94 valence electrons. The van der Waals surface area contributed by atoms with Crippen molar-refractivity contribution in [3.63, 3.8) is 0 Å². The van der Waals surface area contributed by atoms with Gasteiger partial charge in [-0.15, -0.1) is 0 Å². The summed E-state index contributed by atoms with van der Waals surface area (Å²) in [6.07, 6.45) is 5.36. The third-order valence-corrected chi connectivity index (χ3v) is 2.73. The van der Waals surface area contributed by atoms with Gasteiger partial charge in [-0.2, -0.15) is 0 Å². The highest BCUT2D eigenvalue weighted by atomic mass is 16.5. The van der Waals surface area contributed by atoms with E-state index in [1.807, 2.05) is 30.5 Å². The van der Waals surface area contributed by atoms with Crippen LogP contribution in [0.3, 0.4) is 0 Å². The molecule has 1 N–H and O–H groups in total. The van der Waals surface area contributed by atoms with Crippen LogP contribution >= 0.6 is 0 Å². The second kappa shape index (κ2) is 6.12. The van der Waals surface area contributed by atoms with Crippen molar-refractivity contribution in [2.45, 2.75) is 13.0 Å². The Morgan fingerprint density at radius 3 is 2.78 bits per heavy atom. The van der Waals surface area contributed by atoms with Gasteiger partial charge in [0.15, 0.2) is 0 Å². The van der Waals surface area contributed by atoms with Gasteiger partial charge in [-0.25, -0.2) is 4.98 Å². The van der Waals surface area contributed by atoms with Gasteiger partial charge in [-0.3, -0.25) is 4.98 Å². The molecule has 4 heteroatoms. The summed E-state index contributed by atoms with van der Waals surface area (Å²) in [5.41, 5.74) is 2.13. The van der Waals surface area contributed by atoms with Crippen LogP contribution in [-0.4, -0.2) is 23.6 Å². The number of nitrogens with one attached hydrogen (secondary N) is 1. The Balaban J connectivity index is 2.41. The monoisotopic (exact) mass is 243 g/mol. The minimum Gasteiger partial charge on any atom is -0.481 e. The van der Waals surface area contributed by atoms with E-state index in [2.05, 4.69) is 22.2 Å². The lowest BCUT2D eigenvalue weighted by Gasteiger charge is -2.19. The zero-order chi connectivity index (χ0) is 12.8. The van der Waals surface area contributed by atoms with Gasteiger partial charge < -0.3 is 10.1 Å². The molecular formula is C14H17N3O. The van der Waals surface area contributed by atoms with Crippen LogP contribution in [0.5, 0.6) is 5.88 Å². The van der Waals surface area contributed by atoms with E-state index in [0.29, 0.717) is 5.88 Å². The molecule has 0 bridgehead atoms. The minimum atomic E-state index is 0.0485. The van der Waals surface area contributed by atoms with Gasteiger partial charge in [0, 0.05) is 24.2 Å². The van der Waals surface area contributed by atoms with E-state index in [4.69, 9.17) is 4.74 Å². The molecule has 1 atom stereocenters. The molecule has 18 heavy (non-hydrogen) atoms. The number of pyridine rings is 2. The average molecular weight is 243 g/mol. The van der Waals surface area contributed by atoms with E-state index < -0.39 is 0 Å². The van der Waals surface area contributed by atoms with Crippen LogP contribution in [0.1, 0.15) is 24.1 Å². The van der Waals surface area contributed by atoms with Crippen molar-refractivity contribution in [1.82, 2.24) is 15.3 Å². The molecule has 1 unspecified atom stereocenters. The number of aromatic nitrogens is 2. The Kier molecular flexibility index (Phi) is 4.25. The molecule has 0 radical (unpaired) electrons. The summed E-state index contributed by atoms with van der Waals surface area (Å²) in [5, 5.41) is 3.43. The molecule has 0 spiro atoms. The van der Waals surface area contributed by atoms with Crippen LogP contribution in [0, 0.1) is 0 Å². The average Bonchev–Trinajstić information content (AvgIpc) is 2.46. The molecular weight excluding hydrogens is 226 g/mol. The van der Waals surface area contributed by atoms with Crippen LogP contribution < -0.4 is 10.1 Å². The van der Waals surface area contributed by atoms with Gasteiger partial charge in [-0.1, -0.05) is 19.1 Å². The number of hydrogen-bond donors (Lipinski definition) is 1. The maximum absolute atomic E-state index is 5.32. The van der Waals surface area contributed by atoms with Gasteiger partial charge in [0.25, 0.3) is 0 Å². The summed E-state index contributed by atoms with van der Waals surface area (Å²) in [4.78, 5) is 8.41. The maximum atomic E-state index is 5.32. The van der Waals surface area contributed by atoms with E-state index in [1.165, 1.54) is 0 Å². The summed E-state index contributed by atoms with van der Waals surface area (Å²) in [6.45, 7) is 2.93. The smallest absolute Gasteiger partial charge is 0.218 e. The van der Waals surface area contributed by atoms with Gasteiger partial charge in [0.1, 0.15) is 0 Å². The van der Waals surface area contributed by atoms with Crippen molar-refractivity contribution >= 4 is 0 Å². The molecule has 0 aromatic carbocycles. The predicted octanol–water partition coefficient (Wildman–Crippen LogP) is 2.18. The SMILES string of the molecule is CCNC(c1cccnc1)c1cccnc1OC. The third kappa shape index (κ3) is 2.65. The van der Waals surface area contributed by atoms with E-state index in [9.17, 15) is 0 Å². The van der Waals surface area contributed by atoms with Crippen LogP contribution in [0.15, 0.2) is 42.9 Å². The second-order valence-corrected chi connectivity index (χ2v) is 3.88. The number of hydrogen-bond acceptors (Lipinski definition) is 4. The lowest BCUT2D eigenvalue weighted by Crippen LogP contribution is -2.22. The molecule has 0 saturated carbocycles. The summed E-state index contributed by atoms with van der Waals surface area (Å²) in [5.74, 6) is 0.646. The highest BCUT2D eigenvalue weighted by molar-refractivity contribution is 5.36. The lowest BCUT2D eigenvalue weighted by molar-refractivity contribution is 0.387. The molecule has 0 fully saturated rings. The standard InChI is InChI=1S/C14H17N3O/c1-3-16-13(11-6-4-8-15-10-11)12-7-5-9-17-14(12)18-2/h4-10,13,16H,3H2,1-2H3. The molecule has 0 aliphatic rings. The maximum Gasteiger partial charge on any atom is 0.218 e. The van der Waals surface area contributed by atoms with Crippen LogP contribution in [0.2, 0.25) is 0 Å². The summed E-state index contributed by atoms with van der Waals surface area (Å²) in [6, 6.07) is 7.97. The van der Waals surface area contributed by atoms with Crippen molar-refractivity contribution in [2.75, 3.05) is 13.7 Å². The number of rotatable bonds is 5. The molecule has 2 heterocycles.